The van der Waals surface area contributed by atoms with E-state index in [1.54, 1.807) is 7.11 Å². The first kappa shape index (κ1) is 14.9. The minimum Gasteiger partial charge on any atom is -0.496 e. The van der Waals surface area contributed by atoms with Crippen molar-refractivity contribution in [3.8, 4) is 5.75 Å². The molecular formula is C16H25N2O2+. The van der Waals surface area contributed by atoms with E-state index in [-0.39, 0.29) is 11.9 Å². The van der Waals surface area contributed by atoms with Gasteiger partial charge in [-0.05, 0) is 38.8 Å². The molecule has 1 aromatic carbocycles. The minimum absolute atomic E-state index is 0.0548. The first-order chi connectivity index (χ1) is 9.51. The van der Waals surface area contributed by atoms with Gasteiger partial charge in [0, 0.05) is 11.6 Å². The van der Waals surface area contributed by atoms with Crippen LogP contribution in [0.1, 0.15) is 30.9 Å². The van der Waals surface area contributed by atoms with Crippen molar-refractivity contribution in [3.63, 3.8) is 0 Å². The quantitative estimate of drug-likeness (QED) is 0.803. The Kier molecular flexibility index (Phi) is 4.65. The minimum atomic E-state index is -0.0548. The molecule has 1 aromatic rings. The van der Waals surface area contributed by atoms with Crippen LogP contribution in [0.3, 0.4) is 0 Å². The summed E-state index contributed by atoms with van der Waals surface area (Å²) in [5.74, 6) is 1.04. The Labute approximate surface area is 121 Å². The summed E-state index contributed by atoms with van der Waals surface area (Å²) in [4.78, 5) is 13.3. The molecule has 1 amide bonds. The van der Waals surface area contributed by atoms with Gasteiger partial charge in [-0.3, -0.25) is 4.79 Å². The molecule has 2 N–H and O–H groups in total. The molecule has 110 valence electrons. The first-order valence-corrected chi connectivity index (χ1v) is 7.27. The van der Waals surface area contributed by atoms with Crippen molar-refractivity contribution in [1.82, 2.24) is 5.32 Å². The summed E-state index contributed by atoms with van der Waals surface area (Å²) in [6.45, 7) is 4.83. The summed E-state index contributed by atoms with van der Waals surface area (Å²) >= 11 is 0. The molecule has 2 rings (SSSR count). The molecule has 1 saturated carbocycles. The molecule has 0 aromatic heterocycles. The molecule has 0 saturated heterocycles. The number of ether oxygens (including phenoxy) is 1. The Morgan fingerprint density at radius 3 is 2.80 bits per heavy atom. The Bertz CT molecular complexity index is 483. The maximum absolute atomic E-state index is 12.1. The van der Waals surface area contributed by atoms with Gasteiger partial charge in [-0.1, -0.05) is 11.6 Å². The number of aryl methyl sites for hydroxylation is 1. The molecule has 4 nitrogen and oxygen atoms in total. The van der Waals surface area contributed by atoms with Crippen LogP contribution in [0.5, 0.6) is 5.75 Å². The fourth-order valence-corrected chi connectivity index (χ4v) is 2.28. The molecular weight excluding hydrogens is 252 g/mol. The normalized spacial score (nSPS) is 17.4. The van der Waals surface area contributed by atoms with E-state index in [9.17, 15) is 4.79 Å². The predicted octanol–water partition coefficient (Wildman–Crippen LogP) is 0.685. The number of amides is 1. The molecule has 1 unspecified atom stereocenters. The second-order valence-corrected chi connectivity index (χ2v) is 5.84. The van der Waals surface area contributed by atoms with Gasteiger partial charge in [-0.2, -0.15) is 0 Å². The summed E-state index contributed by atoms with van der Waals surface area (Å²) in [5, 5.41) is 3.07. The highest BCUT2D eigenvalue weighted by atomic mass is 16.5. The summed E-state index contributed by atoms with van der Waals surface area (Å²) in [6, 6.07) is 6.54. The lowest BCUT2D eigenvalue weighted by Gasteiger charge is -2.22. The van der Waals surface area contributed by atoms with Crippen LogP contribution >= 0.6 is 0 Å². The molecule has 0 radical (unpaired) electrons. The average Bonchev–Trinajstić information content (AvgIpc) is 3.22. The number of rotatable bonds is 6. The lowest BCUT2D eigenvalue weighted by Crippen LogP contribution is -3.12. The van der Waals surface area contributed by atoms with Gasteiger partial charge in [0.25, 0.3) is 5.91 Å². The molecule has 0 spiro atoms. The third-order valence-electron chi connectivity index (χ3n) is 3.96. The van der Waals surface area contributed by atoms with Gasteiger partial charge in [0.15, 0.2) is 6.04 Å². The first-order valence-electron chi connectivity index (χ1n) is 7.27. The maximum atomic E-state index is 12.1. The summed E-state index contributed by atoms with van der Waals surface area (Å²) in [7, 11) is 3.74. The molecule has 0 heterocycles. The van der Waals surface area contributed by atoms with Gasteiger partial charge >= 0.3 is 0 Å². The van der Waals surface area contributed by atoms with E-state index < -0.39 is 0 Å². The zero-order valence-electron chi connectivity index (χ0n) is 12.8. The van der Waals surface area contributed by atoms with Gasteiger partial charge in [0.2, 0.25) is 0 Å². The van der Waals surface area contributed by atoms with Crippen LogP contribution in [0.25, 0.3) is 0 Å². The Morgan fingerprint density at radius 2 is 2.20 bits per heavy atom. The van der Waals surface area contributed by atoms with Crippen molar-refractivity contribution in [3.05, 3.63) is 29.3 Å². The van der Waals surface area contributed by atoms with Crippen molar-refractivity contribution >= 4 is 5.91 Å². The standard InChI is InChI=1S/C16H24N2O2/c1-11-5-8-15(20-4)13(9-11)10-18(3)12(2)16(19)17-14-6-7-14/h5,8-9,12,14H,6-7,10H2,1-4H3,(H,17,19)/p+1/t12-/m0/s1. The van der Waals surface area contributed by atoms with E-state index >= 15 is 0 Å². The van der Waals surface area contributed by atoms with Gasteiger partial charge in [0.05, 0.1) is 14.2 Å². The summed E-state index contributed by atoms with van der Waals surface area (Å²) in [6.07, 6.45) is 2.26. The largest absolute Gasteiger partial charge is 0.496 e. The Morgan fingerprint density at radius 1 is 1.50 bits per heavy atom. The molecule has 1 fully saturated rings. The number of quaternary nitrogens is 1. The predicted molar refractivity (Wildman–Crippen MR) is 78.9 cm³/mol. The van der Waals surface area contributed by atoms with Gasteiger partial charge in [-0.15, -0.1) is 0 Å². The third kappa shape index (κ3) is 3.73. The topological polar surface area (TPSA) is 42.8 Å². The highest BCUT2D eigenvalue weighted by molar-refractivity contribution is 5.80. The van der Waals surface area contributed by atoms with Crippen LogP contribution in [0.15, 0.2) is 18.2 Å². The second-order valence-electron chi connectivity index (χ2n) is 5.84. The molecule has 0 aliphatic heterocycles. The monoisotopic (exact) mass is 277 g/mol. The van der Waals surface area contributed by atoms with Gasteiger partial charge < -0.3 is 15.0 Å². The van der Waals surface area contributed by atoms with Crippen molar-refractivity contribution in [2.75, 3.05) is 14.2 Å². The zero-order valence-corrected chi connectivity index (χ0v) is 12.8. The van der Waals surface area contributed by atoms with Gasteiger partial charge in [0.1, 0.15) is 12.3 Å². The van der Waals surface area contributed by atoms with E-state index in [2.05, 4.69) is 25.4 Å². The maximum Gasteiger partial charge on any atom is 0.278 e. The number of benzene rings is 1. The van der Waals surface area contributed by atoms with Crippen LogP contribution in [-0.2, 0) is 11.3 Å². The molecule has 2 atom stereocenters. The van der Waals surface area contributed by atoms with Crippen molar-refractivity contribution in [2.24, 2.45) is 0 Å². The third-order valence-corrected chi connectivity index (χ3v) is 3.96. The summed E-state index contributed by atoms with van der Waals surface area (Å²) in [5.41, 5.74) is 2.36. The second kappa shape index (κ2) is 6.27. The van der Waals surface area contributed by atoms with Crippen molar-refractivity contribution in [2.45, 2.75) is 45.3 Å². The van der Waals surface area contributed by atoms with E-state index in [0.717, 1.165) is 30.7 Å². The molecule has 4 heteroatoms. The van der Waals surface area contributed by atoms with E-state index in [0.29, 0.717) is 6.04 Å². The van der Waals surface area contributed by atoms with E-state index in [4.69, 9.17) is 4.74 Å². The lowest BCUT2D eigenvalue weighted by molar-refractivity contribution is -0.908. The lowest BCUT2D eigenvalue weighted by atomic mass is 10.1. The number of hydrogen-bond acceptors (Lipinski definition) is 2. The average molecular weight is 277 g/mol. The smallest absolute Gasteiger partial charge is 0.278 e. The number of nitrogens with one attached hydrogen (secondary N) is 2. The number of carbonyl (C=O) groups is 1. The summed E-state index contributed by atoms with van der Waals surface area (Å²) < 4.78 is 5.40. The molecule has 20 heavy (non-hydrogen) atoms. The highest BCUT2D eigenvalue weighted by Crippen LogP contribution is 2.19. The fourth-order valence-electron chi connectivity index (χ4n) is 2.28. The van der Waals surface area contributed by atoms with Crippen LogP contribution < -0.4 is 15.0 Å². The number of likely N-dealkylation sites (N-methyl/N-ethyl adjacent to an activating group) is 1. The van der Waals surface area contributed by atoms with Crippen molar-refractivity contribution < 1.29 is 14.4 Å². The highest BCUT2D eigenvalue weighted by Gasteiger charge is 2.29. The Balaban J connectivity index is 2.00. The van der Waals surface area contributed by atoms with E-state index in [1.165, 1.54) is 10.5 Å². The zero-order chi connectivity index (χ0) is 14.7. The SMILES string of the molecule is COc1ccc(C)cc1C[NH+](C)[C@@H](C)C(=O)NC1CC1. The fraction of sp³-hybridized carbons (Fsp3) is 0.562. The van der Waals surface area contributed by atoms with E-state index in [1.807, 2.05) is 19.1 Å². The molecule has 0 bridgehead atoms. The Hall–Kier alpha value is -1.55. The number of hydrogen-bond donors (Lipinski definition) is 2. The van der Waals surface area contributed by atoms with Crippen LogP contribution in [0.4, 0.5) is 0 Å². The van der Waals surface area contributed by atoms with Crippen molar-refractivity contribution in [1.29, 1.82) is 0 Å². The van der Waals surface area contributed by atoms with Crippen LogP contribution in [-0.4, -0.2) is 32.1 Å². The molecule has 1 aliphatic rings. The van der Waals surface area contributed by atoms with Crippen LogP contribution in [0, 0.1) is 6.92 Å². The van der Waals surface area contributed by atoms with Crippen LogP contribution in [0.2, 0.25) is 0 Å². The number of carbonyl (C=O) groups excluding carboxylic acids is 1. The molecule has 1 aliphatic carbocycles. The number of methoxy groups -OCH3 is 1. The van der Waals surface area contributed by atoms with Gasteiger partial charge in [-0.25, -0.2) is 0 Å².